The van der Waals surface area contributed by atoms with Crippen LogP contribution in [0.2, 0.25) is 0 Å². The summed E-state index contributed by atoms with van der Waals surface area (Å²) >= 11 is 0. The fraction of sp³-hybridized carbons (Fsp3) is 0.778. The van der Waals surface area contributed by atoms with Crippen molar-refractivity contribution in [2.24, 2.45) is 0 Å². The number of alkyl halides is 2. The molecule has 0 bridgehead atoms. The van der Waals surface area contributed by atoms with E-state index in [-0.39, 0.29) is 6.54 Å². The van der Waals surface area contributed by atoms with E-state index >= 15 is 0 Å². The van der Waals surface area contributed by atoms with Crippen LogP contribution in [-0.4, -0.2) is 52.3 Å². The van der Waals surface area contributed by atoms with Gasteiger partial charge in [-0.1, -0.05) is 0 Å². The van der Waals surface area contributed by atoms with Crippen molar-refractivity contribution < 1.29 is 8.78 Å². The number of nitrogens with zero attached hydrogens (tertiary/aromatic N) is 4. The highest BCUT2D eigenvalue weighted by molar-refractivity contribution is 4.89. The van der Waals surface area contributed by atoms with E-state index in [4.69, 9.17) is 0 Å². The Labute approximate surface area is 92.4 Å². The molecule has 90 valence electrons. The standard InChI is InChI=1S/C9H15F2N5/c1-15(7-2-12-3-7)5-9-13-6-14-16(9)4-8(10)11/h6-8,12H,2-5H2,1H3. The summed E-state index contributed by atoms with van der Waals surface area (Å²) in [6.07, 6.45) is -1.07. The second-order valence-electron chi connectivity index (χ2n) is 3.98. The molecule has 1 aromatic heterocycles. The van der Waals surface area contributed by atoms with Gasteiger partial charge in [-0.25, -0.2) is 18.4 Å². The quantitative estimate of drug-likeness (QED) is 0.771. The maximum atomic E-state index is 12.2. The lowest BCUT2D eigenvalue weighted by atomic mass is 10.1. The Morgan fingerprint density at radius 2 is 2.38 bits per heavy atom. The predicted octanol–water partition coefficient (Wildman–Crippen LogP) is -0.0532. The van der Waals surface area contributed by atoms with Gasteiger partial charge in [0.2, 0.25) is 0 Å². The molecule has 16 heavy (non-hydrogen) atoms. The molecule has 2 heterocycles. The first-order chi connectivity index (χ1) is 7.66. The fourth-order valence-electron chi connectivity index (χ4n) is 1.63. The Morgan fingerprint density at radius 3 is 2.94 bits per heavy atom. The first kappa shape index (κ1) is 11.4. The van der Waals surface area contributed by atoms with Crippen LogP contribution in [0.3, 0.4) is 0 Å². The summed E-state index contributed by atoms with van der Waals surface area (Å²) in [6, 6.07) is 0.469. The van der Waals surface area contributed by atoms with Gasteiger partial charge in [-0.3, -0.25) is 4.90 Å². The third-order valence-electron chi connectivity index (χ3n) is 2.78. The van der Waals surface area contributed by atoms with Crippen molar-refractivity contribution in [2.45, 2.75) is 25.6 Å². The molecule has 0 aromatic carbocycles. The highest BCUT2D eigenvalue weighted by Gasteiger charge is 2.23. The van der Waals surface area contributed by atoms with Crippen LogP contribution < -0.4 is 5.32 Å². The average Bonchev–Trinajstić information content (AvgIpc) is 2.48. The summed E-state index contributed by atoms with van der Waals surface area (Å²) in [7, 11) is 1.97. The molecule has 0 unspecified atom stereocenters. The van der Waals surface area contributed by atoms with Gasteiger partial charge in [-0.05, 0) is 7.05 Å². The van der Waals surface area contributed by atoms with Crippen molar-refractivity contribution >= 4 is 0 Å². The Hall–Kier alpha value is -1.08. The topological polar surface area (TPSA) is 46.0 Å². The van der Waals surface area contributed by atoms with Gasteiger partial charge in [-0.15, -0.1) is 0 Å². The fourth-order valence-corrected chi connectivity index (χ4v) is 1.63. The minimum absolute atomic E-state index is 0.383. The third-order valence-corrected chi connectivity index (χ3v) is 2.78. The summed E-state index contributed by atoms with van der Waals surface area (Å²) in [6.45, 7) is 2.06. The largest absolute Gasteiger partial charge is 0.314 e. The molecule has 1 fully saturated rings. The first-order valence-electron chi connectivity index (χ1n) is 5.22. The lowest BCUT2D eigenvalue weighted by molar-refractivity contribution is 0.116. The van der Waals surface area contributed by atoms with Crippen LogP contribution in [0, 0.1) is 0 Å². The molecule has 1 aromatic rings. The van der Waals surface area contributed by atoms with E-state index in [0.717, 1.165) is 13.1 Å². The molecular formula is C9H15F2N5. The molecule has 7 heteroatoms. The second-order valence-corrected chi connectivity index (χ2v) is 3.98. The van der Waals surface area contributed by atoms with Crippen molar-refractivity contribution in [3.8, 4) is 0 Å². The van der Waals surface area contributed by atoms with E-state index in [2.05, 4.69) is 20.3 Å². The zero-order valence-corrected chi connectivity index (χ0v) is 9.11. The molecular weight excluding hydrogens is 216 g/mol. The van der Waals surface area contributed by atoms with E-state index < -0.39 is 6.43 Å². The van der Waals surface area contributed by atoms with Gasteiger partial charge >= 0.3 is 0 Å². The SMILES string of the molecule is CN(Cc1ncnn1CC(F)F)C1CNC1. The minimum Gasteiger partial charge on any atom is -0.314 e. The van der Waals surface area contributed by atoms with E-state index in [0.29, 0.717) is 18.4 Å². The summed E-state index contributed by atoms with van der Waals surface area (Å²) in [5.74, 6) is 0.592. The Bertz CT molecular complexity index is 336. The smallest absolute Gasteiger partial charge is 0.257 e. The van der Waals surface area contributed by atoms with Gasteiger partial charge in [0.25, 0.3) is 6.43 Å². The lowest BCUT2D eigenvalue weighted by Gasteiger charge is -2.35. The summed E-state index contributed by atoms with van der Waals surface area (Å²) in [4.78, 5) is 6.11. The highest BCUT2D eigenvalue weighted by atomic mass is 19.3. The summed E-state index contributed by atoms with van der Waals surface area (Å²) in [5.41, 5.74) is 0. The molecule has 0 aliphatic carbocycles. The van der Waals surface area contributed by atoms with Crippen molar-refractivity contribution in [2.75, 3.05) is 20.1 Å². The van der Waals surface area contributed by atoms with Crippen LogP contribution in [0.25, 0.3) is 0 Å². The number of halogens is 2. The molecule has 0 spiro atoms. The number of nitrogens with one attached hydrogen (secondary N) is 1. The molecule has 1 saturated heterocycles. The van der Waals surface area contributed by atoms with Gasteiger partial charge < -0.3 is 5.32 Å². The van der Waals surface area contributed by atoms with Gasteiger partial charge in [0.05, 0.1) is 6.54 Å². The zero-order chi connectivity index (χ0) is 11.5. The van der Waals surface area contributed by atoms with Crippen LogP contribution in [0.1, 0.15) is 5.82 Å². The number of rotatable bonds is 5. The zero-order valence-electron chi connectivity index (χ0n) is 9.11. The van der Waals surface area contributed by atoms with Gasteiger partial charge in [-0.2, -0.15) is 5.10 Å². The van der Waals surface area contributed by atoms with Crippen LogP contribution in [-0.2, 0) is 13.1 Å². The van der Waals surface area contributed by atoms with Crippen molar-refractivity contribution in [1.82, 2.24) is 25.0 Å². The second kappa shape index (κ2) is 4.84. The normalized spacial score (nSPS) is 17.1. The Morgan fingerprint density at radius 1 is 1.62 bits per heavy atom. The van der Waals surface area contributed by atoms with Crippen LogP contribution in [0.5, 0.6) is 0 Å². The van der Waals surface area contributed by atoms with Crippen molar-refractivity contribution in [3.05, 3.63) is 12.2 Å². The van der Waals surface area contributed by atoms with E-state index in [1.165, 1.54) is 11.0 Å². The number of likely N-dealkylation sites (N-methyl/N-ethyl adjacent to an activating group) is 1. The van der Waals surface area contributed by atoms with Crippen molar-refractivity contribution in [3.63, 3.8) is 0 Å². The molecule has 0 radical (unpaired) electrons. The first-order valence-corrected chi connectivity index (χ1v) is 5.22. The monoisotopic (exact) mass is 231 g/mol. The summed E-state index contributed by atoms with van der Waals surface area (Å²) in [5, 5.41) is 6.96. The predicted molar refractivity (Wildman–Crippen MR) is 54.2 cm³/mol. The molecule has 1 N–H and O–H groups in total. The molecule has 0 atom stereocenters. The van der Waals surface area contributed by atoms with Crippen LogP contribution in [0.15, 0.2) is 6.33 Å². The molecule has 5 nitrogen and oxygen atoms in total. The molecule has 0 amide bonds. The number of hydrogen-bond donors (Lipinski definition) is 1. The molecule has 2 rings (SSSR count). The van der Waals surface area contributed by atoms with Gasteiger partial charge in [0.1, 0.15) is 18.7 Å². The minimum atomic E-state index is -2.39. The van der Waals surface area contributed by atoms with E-state index in [9.17, 15) is 8.78 Å². The van der Waals surface area contributed by atoms with E-state index in [1.54, 1.807) is 0 Å². The average molecular weight is 231 g/mol. The molecule has 1 aliphatic rings. The van der Waals surface area contributed by atoms with Crippen LogP contribution in [0.4, 0.5) is 8.78 Å². The third kappa shape index (κ3) is 2.53. The summed E-state index contributed by atoms with van der Waals surface area (Å²) < 4.78 is 25.7. The highest BCUT2D eigenvalue weighted by Crippen LogP contribution is 2.08. The Kier molecular flexibility index (Phi) is 3.45. The van der Waals surface area contributed by atoms with Gasteiger partial charge in [0.15, 0.2) is 0 Å². The van der Waals surface area contributed by atoms with E-state index in [1.807, 2.05) is 7.05 Å². The maximum absolute atomic E-state index is 12.2. The lowest BCUT2D eigenvalue weighted by Crippen LogP contribution is -2.55. The molecule has 1 aliphatic heterocycles. The van der Waals surface area contributed by atoms with Gasteiger partial charge in [0, 0.05) is 19.1 Å². The number of aromatic nitrogens is 3. The Balaban J connectivity index is 1.94. The van der Waals surface area contributed by atoms with Crippen molar-refractivity contribution in [1.29, 1.82) is 0 Å². The maximum Gasteiger partial charge on any atom is 0.257 e. The van der Waals surface area contributed by atoms with Crippen LogP contribution >= 0.6 is 0 Å². The number of hydrogen-bond acceptors (Lipinski definition) is 4. The molecule has 0 saturated carbocycles.